The van der Waals surface area contributed by atoms with Crippen LogP contribution in [-0.2, 0) is 47.4 Å². The van der Waals surface area contributed by atoms with Crippen molar-refractivity contribution in [3.63, 3.8) is 0 Å². The van der Waals surface area contributed by atoms with E-state index in [2.05, 4.69) is 0 Å². The van der Waals surface area contributed by atoms with E-state index in [4.69, 9.17) is 119 Å². The van der Waals surface area contributed by atoms with Gasteiger partial charge in [-0.2, -0.15) is 0 Å². The first-order chi connectivity index (χ1) is 43.5. The Morgan fingerprint density at radius 1 is 0.333 bits per heavy atom. The van der Waals surface area contributed by atoms with Crippen LogP contribution in [0.4, 0.5) is 0 Å². The van der Waals surface area contributed by atoms with E-state index in [0.717, 1.165) is 0 Å². The molecule has 6 aliphatic heterocycles. The molecule has 35 N–H and O–H groups in total. The van der Waals surface area contributed by atoms with Gasteiger partial charge in [0, 0.05) is 0 Å². The van der Waals surface area contributed by atoms with Gasteiger partial charge in [0.05, 0.1) is 59.5 Å². The van der Waals surface area contributed by atoms with Gasteiger partial charge in [0.1, 0.15) is 196 Å². The molecule has 45 nitrogen and oxygen atoms in total. The highest BCUT2D eigenvalue weighted by Gasteiger charge is 2.59. The Kier molecular flexibility index (Phi) is 38.2. The van der Waals surface area contributed by atoms with Crippen molar-refractivity contribution in [2.45, 2.75) is 226 Å². The molecule has 6 fully saturated rings. The minimum atomic E-state index is -2.22. The summed E-state index contributed by atoms with van der Waals surface area (Å²) in [4.78, 5) is 9.90. The number of hydrogen-bond acceptors (Lipinski definition) is 45. The van der Waals surface area contributed by atoms with Crippen LogP contribution in [0.15, 0.2) is 0 Å². The van der Waals surface area contributed by atoms with Gasteiger partial charge in [-0.1, -0.05) is 0 Å². The second-order valence-electron chi connectivity index (χ2n) is 21.5. The fourth-order valence-corrected chi connectivity index (χ4v) is 9.06. The van der Waals surface area contributed by atoms with E-state index >= 15 is 0 Å². The molecule has 0 spiro atoms. The Morgan fingerprint density at radius 2 is 0.634 bits per heavy atom. The number of hydrogen-bond donors (Lipinski definition) is 35. The van der Waals surface area contributed by atoms with Gasteiger partial charge < -0.3 is 226 Å². The van der Waals surface area contributed by atoms with Gasteiger partial charge in [0.15, 0.2) is 37.7 Å². The largest absolute Gasteiger partial charge is 0.394 e. The first-order valence-corrected chi connectivity index (χ1v) is 28.0. The topological polar surface area (TPSA) is 808 Å². The van der Waals surface area contributed by atoms with Crippen molar-refractivity contribution in [1.29, 1.82) is 0 Å². The van der Waals surface area contributed by atoms with E-state index in [9.17, 15) is 107 Å². The summed E-state index contributed by atoms with van der Waals surface area (Å²) in [6.07, 6.45) is -57.0. The minimum absolute atomic E-state index is 0.0258. The van der Waals surface area contributed by atoms with Crippen LogP contribution < -0.4 is 0 Å². The van der Waals surface area contributed by atoms with Gasteiger partial charge in [0.25, 0.3) is 0 Å². The van der Waals surface area contributed by atoms with Crippen LogP contribution in [0.1, 0.15) is 0 Å². The van der Waals surface area contributed by atoms with Crippen molar-refractivity contribution in [2.75, 3.05) is 66.1 Å². The lowest BCUT2D eigenvalue weighted by molar-refractivity contribution is -0.383. The minimum Gasteiger partial charge on any atom is -0.394 e. The summed E-state index contributed by atoms with van der Waals surface area (Å²) < 4.78 is 46.0. The molecule has 6 heterocycles. The molecule has 0 bridgehead atoms. The molecule has 45 heteroatoms. The Bertz CT molecular complexity index is 1920. The van der Waals surface area contributed by atoms with Gasteiger partial charge in [-0.3, -0.25) is 0 Å². The average Bonchev–Trinajstić information content (AvgIpc) is 1.72. The average molecular weight is 1390 g/mol. The lowest BCUT2D eigenvalue weighted by Gasteiger charge is -2.45. The van der Waals surface area contributed by atoms with E-state index < -0.39 is 293 Å². The second kappa shape index (κ2) is 40.8. The molecule has 6 rings (SSSR count). The van der Waals surface area contributed by atoms with Crippen molar-refractivity contribution < 1.29 is 226 Å². The van der Waals surface area contributed by atoms with E-state index in [1.54, 1.807) is 0 Å². The number of rotatable bonds is 23. The zero-order valence-corrected chi connectivity index (χ0v) is 48.7. The molecule has 0 aromatic carbocycles. The first kappa shape index (κ1) is 87.0. The van der Waals surface area contributed by atoms with Crippen molar-refractivity contribution >= 4 is 6.29 Å². The summed E-state index contributed by atoms with van der Waals surface area (Å²) in [6, 6.07) is 0. The predicted octanol–water partition coefficient (Wildman–Crippen LogP) is -23.2. The third kappa shape index (κ3) is 22.2. The molecule has 0 radical (unpaired) electrons. The zero-order valence-electron chi connectivity index (χ0n) is 48.7. The van der Waals surface area contributed by atoms with Crippen molar-refractivity contribution in [3.05, 3.63) is 0 Å². The molecule has 93 heavy (non-hydrogen) atoms. The number of ether oxygens (including phenoxy) is 9. The van der Waals surface area contributed by atoms with Crippen LogP contribution in [0.3, 0.4) is 0 Å². The third-order valence-corrected chi connectivity index (χ3v) is 15.0. The Labute approximate surface area is 524 Å². The Morgan fingerprint density at radius 3 is 0.914 bits per heavy atom. The van der Waals surface area contributed by atoms with Gasteiger partial charge in [-0.05, 0) is 0 Å². The molecule has 37 atom stereocenters. The van der Waals surface area contributed by atoms with Gasteiger partial charge in [0.2, 0.25) is 5.79 Å². The number of aldehydes is 1. The first-order valence-electron chi connectivity index (χ1n) is 28.0. The van der Waals surface area contributed by atoms with Crippen LogP contribution in [0.5, 0.6) is 0 Å². The molecule has 6 saturated heterocycles. The number of carbonyl (C=O) groups excluding carboxylic acids is 1. The SMILES string of the molecule is O=C[C@H](O)[C@@H](O)[C@H](O)[C@H](O)CO.OC[C@@H](O)[C@@H](O)[C@H](O)[C@@H](O)CO.OC[C@H]1O[C@@H](O[C@H]2[C@H](O)[C@@H](O)[C@H](O)O[C@@H]2CO)[C@H](O)[C@@H](O)[C@H]1O.OC[C@H]1O[C@@](CO)(O[C@H]2O[C@H](CO)[C@@H](O)[C@H](O)[C@H]2O)[C@@H](O)[C@@H]1O.OC[C@H]1O[C@H](O[C@H]2[C@H](O)[C@@H](O)[C@H](O)O[C@@H]2CO)[C@H](O)[C@@H](O)[C@@H]1O. The maximum absolute atomic E-state index is 10.00. The summed E-state index contributed by atoms with van der Waals surface area (Å²) in [5.41, 5.74) is 0. The normalized spacial score (nSPS) is 43.7. The predicted molar refractivity (Wildman–Crippen MR) is 281 cm³/mol. The molecule has 554 valence electrons. The van der Waals surface area contributed by atoms with Crippen molar-refractivity contribution in [1.82, 2.24) is 0 Å². The second-order valence-corrected chi connectivity index (χ2v) is 21.5. The van der Waals surface area contributed by atoms with Crippen LogP contribution in [0.25, 0.3) is 0 Å². The Hall–Kier alpha value is -2.09. The zero-order chi connectivity index (χ0) is 71.4. The summed E-state index contributed by atoms with van der Waals surface area (Å²) in [5, 5.41) is 325. The summed E-state index contributed by atoms with van der Waals surface area (Å²) in [5.74, 6) is -2.22. The van der Waals surface area contributed by atoms with E-state index in [1.165, 1.54) is 0 Å². The maximum Gasteiger partial charge on any atom is 0.224 e. The monoisotopic (exact) mass is 1390 g/mol. The molecule has 6 aliphatic rings. The lowest BCUT2D eigenvalue weighted by atomic mass is 9.97. The highest BCUT2D eigenvalue weighted by molar-refractivity contribution is 5.56. The number of carbonyl (C=O) groups is 1. The summed E-state index contributed by atoms with van der Waals surface area (Å²) >= 11 is 0. The summed E-state index contributed by atoms with van der Waals surface area (Å²) in [6.45, 7) is -7.22. The molecule has 0 amide bonds. The quantitative estimate of drug-likeness (QED) is 0.0422. The molecule has 0 aromatic rings. The molecular formula is C48H92O45. The molecule has 0 saturated carbocycles. The molecule has 0 unspecified atom stereocenters. The molecular weight excluding hydrogens is 1300 g/mol. The molecule has 0 aromatic heterocycles. The Balaban J connectivity index is 0.000000407. The number of aliphatic hydroxyl groups is 35. The maximum atomic E-state index is 10.00. The van der Waals surface area contributed by atoms with Crippen LogP contribution in [0.2, 0.25) is 0 Å². The number of aliphatic hydroxyl groups excluding tert-OH is 35. The van der Waals surface area contributed by atoms with Gasteiger partial charge >= 0.3 is 0 Å². The highest BCUT2D eigenvalue weighted by atomic mass is 16.8. The van der Waals surface area contributed by atoms with E-state index in [1.807, 2.05) is 0 Å². The molecule has 0 aliphatic carbocycles. The lowest BCUT2D eigenvalue weighted by Crippen LogP contribution is -2.64. The van der Waals surface area contributed by atoms with Gasteiger partial charge in [-0.25, -0.2) is 0 Å². The van der Waals surface area contributed by atoms with E-state index in [-0.39, 0.29) is 6.29 Å². The fraction of sp³-hybridized carbons (Fsp3) is 0.979. The smallest absolute Gasteiger partial charge is 0.224 e. The van der Waals surface area contributed by atoms with Crippen LogP contribution >= 0.6 is 0 Å². The van der Waals surface area contributed by atoms with Crippen LogP contribution in [-0.4, -0.2) is 478 Å². The van der Waals surface area contributed by atoms with Crippen molar-refractivity contribution in [2.24, 2.45) is 0 Å². The van der Waals surface area contributed by atoms with Gasteiger partial charge in [-0.15, -0.1) is 0 Å². The fourth-order valence-electron chi connectivity index (χ4n) is 9.06. The summed E-state index contributed by atoms with van der Waals surface area (Å²) in [7, 11) is 0. The van der Waals surface area contributed by atoms with Crippen molar-refractivity contribution in [3.8, 4) is 0 Å². The van der Waals surface area contributed by atoms with E-state index in [0.29, 0.717) is 0 Å². The standard InChI is InChI=1S/3C12H22O11.C6H14O6.C6H12O6/c13-1-4-6(16)8(18)9(19)11(21-4)23-12(3-15)10(20)7(17)5(2-14)22-12;2*13-1-3-5(15)6(16)9(19)12(22-3)23-10-4(2-14)21-11(20)8(18)7(10)17;2*7-1-3(9)5(11)6(12)4(10)2-8/h4-11,13-20H,1-3H2;2*3-20H,1-2H2;3-12H,1-2H2;1,3-6,8-12H,2H2/t4-,5-,6-,7-,8+,9-,10+,11-,12+;3-,4-,5+,6+,7-,8-,9-,10-,11-,12+;3-,4-,5-,6+,7-,8-,9-,10-,11-,12-;3-,4+,5-,6-;3-,4+,5+,6+/m11110/s1. The third-order valence-electron chi connectivity index (χ3n) is 15.0. The van der Waals surface area contributed by atoms with Crippen LogP contribution in [0, 0.1) is 0 Å². The highest BCUT2D eigenvalue weighted by Crippen LogP contribution is 2.37.